The Balaban J connectivity index is 1.28. The number of likely N-dealkylation sites (tertiary alicyclic amines) is 2. The number of nitriles is 1. The van der Waals surface area contributed by atoms with Crippen LogP contribution >= 0.6 is 0 Å². The second kappa shape index (κ2) is 12.7. The molecule has 0 bridgehead atoms. The predicted octanol–water partition coefficient (Wildman–Crippen LogP) is 5.90. The molecule has 5 aromatic rings. The summed E-state index contributed by atoms with van der Waals surface area (Å²) in [6, 6.07) is 35.8. The van der Waals surface area contributed by atoms with Gasteiger partial charge in [0.15, 0.2) is 0 Å². The first-order chi connectivity index (χ1) is 22.6. The van der Waals surface area contributed by atoms with Crippen LogP contribution in [0.5, 0.6) is 0 Å². The Morgan fingerprint density at radius 1 is 0.891 bits per heavy atom. The van der Waals surface area contributed by atoms with Crippen molar-refractivity contribution < 1.29 is 9.90 Å². The van der Waals surface area contributed by atoms with Crippen molar-refractivity contribution in [2.75, 3.05) is 38.0 Å². The molecule has 2 fully saturated rings. The molecule has 0 saturated carbocycles. The van der Waals surface area contributed by atoms with E-state index in [4.69, 9.17) is 4.98 Å². The maximum atomic E-state index is 12.2. The minimum atomic E-state index is -0.912. The number of anilines is 1. The van der Waals surface area contributed by atoms with Crippen molar-refractivity contribution in [3.63, 3.8) is 0 Å². The maximum absolute atomic E-state index is 12.2. The molecule has 9 nitrogen and oxygen atoms in total. The number of rotatable bonds is 8. The number of aromatic nitrogens is 3. The highest BCUT2D eigenvalue weighted by Gasteiger charge is 2.40. The highest BCUT2D eigenvalue weighted by Crippen LogP contribution is 2.43. The average Bonchev–Trinajstić information content (AvgIpc) is 3.75. The lowest BCUT2D eigenvalue weighted by Crippen LogP contribution is -2.50. The molecule has 0 spiro atoms. The predicted molar refractivity (Wildman–Crippen MR) is 177 cm³/mol. The number of benzene rings is 3. The number of nitrogens with one attached hydrogen (secondary N) is 1. The van der Waals surface area contributed by atoms with E-state index in [9.17, 15) is 15.2 Å². The summed E-state index contributed by atoms with van der Waals surface area (Å²) in [5.41, 5.74) is 3.36. The van der Waals surface area contributed by atoms with Crippen LogP contribution in [0.2, 0.25) is 0 Å². The first-order valence-electron chi connectivity index (χ1n) is 15.9. The molecule has 0 unspecified atom stereocenters. The molecule has 7 rings (SSSR count). The Labute approximate surface area is 268 Å². The van der Waals surface area contributed by atoms with E-state index in [2.05, 4.69) is 111 Å². The van der Waals surface area contributed by atoms with Gasteiger partial charge in [-0.25, -0.2) is 14.8 Å². The van der Waals surface area contributed by atoms with Crippen molar-refractivity contribution in [2.45, 2.75) is 24.4 Å². The fraction of sp³-hybridized carbons (Fsp3) is 0.297. The van der Waals surface area contributed by atoms with Gasteiger partial charge in [0, 0.05) is 38.4 Å². The quantitative estimate of drug-likeness (QED) is 0.210. The second-order valence-corrected chi connectivity index (χ2v) is 12.5. The summed E-state index contributed by atoms with van der Waals surface area (Å²) in [4.78, 5) is 25.5. The minimum Gasteiger partial charge on any atom is -0.465 e. The highest BCUT2D eigenvalue weighted by atomic mass is 16.4. The monoisotopic (exact) mass is 611 g/mol. The number of carboxylic acid groups (broad SMARTS) is 1. The summed E-state index contributed by atoms with van der Waals surface area (Å²) in [7, 11) is 0. The minimum absolute atomic E-state index is 0.0567. The summed E-state index contributed by atoms with van der Waals surface area (Å²) in [6.45, 7) is 3.28. The number of fused-ring (bicyclic) bond motifs is 1. The van der Waals surface area contributed by atoms with E-state index in [0.29, 0.717) is 18.9 Å². The molecular formula is C37H37N7O2. The average molecular weight is 612 g/mol. The zero-order chi connectivity index (χ0) is 31.5. The summed E-state index contributed by atoms with van der Waals surface area (Å²) in [6.07, 6.45) is 4.45. The van der Waals surface area contributed by atoms with Gasteiger partial charge in [0.2, 0.25) is 0 Å². The number of carbonyl (C=O) groups is 1. The van der Waals surface area contributed by atoms with Gasteiger partial charge in [0.1, 0.15) is 23.3 Å². The van der Waals surface area contributed by atoms with Gasteiger partial charge in [-0.3, -0.25) is 0 Å². The Hall–Kier alpha value is -5.20. The first kappa shape index (κ1) is 29.5. The number of nitrogens with zero attached hydrogens (tertiary/aromatic N) is 6. The molecule has 2 aromatic heterocycles. The molecule has 9 heteroatoms. The number of hydrogen-bond donors (Lipinski definition) is 2. The van der Waals surface area contributed by atoms with Crippen LogP contribution in [0, 0.1) is 23.2 Å². The van der Waals surface area contributed by atoms with Crippen LogP contribution in [-0.4, -0.2) is 74.3 Å². The third-order valence-electron chi connectivity index (χ3n) is 9.54. The van der Waals surface area contributed by atoms with E-state index in [1.54, 1.807) is 6.33 Å². The van der Waals surface area contributed by atoms with Crippen LogP contribution in [0.15, 0.2) is 110 Å². The Kier molecular flexibility index (Phi) is 8.12. The van der Waals surface area contributed by atoms with Crippen LogP contribution in [0.1, 0.15) is 29.5 Å². The lowest BCUT2D eigenvalue weighted by atomic mass is 9.76. The van der Waals surface area contributed by atoms with Crippen LogP contribution in [0.25, 0.3) is 11.0 Å². The Bertz CT molecular complexity index is 1740. The molecule has 0 aliphatic carbocycles. The van der Waals surface area contributed by atoms with Gasteiger partial charge in [0.25, 0.3) is 0 Å². The SMILES string of the molecule is N#C[C@H]1CCN(C[C@@H]2C[C@H](Nc3ncnc4c3ccn4C(c3ccccc3)(c3ccccc3)c3ccccc3)CN(C(=O)O)C2)C1. The van der Waals surface area contributed by atoms with Gasteiger partial charge in [-0.15, -0.1) is 0 Å². The molecule has 4 heterocycles. The van der Waals surface area contributed by atoms with Crippen molar-refractivity contribution in [3.05, 3.63) is 126 Å². The van der Waals surface area contributed by atoms with E-state index in [1.165, 1.54) is 4.90 Å². The molecule has 1 amide bonds. The van der Waals surface area contributed by atoms with Crippen LogP contribution in [0.4, 0.5) is 10.6 Å². The molecule has 2 saturated heterocycles. The molecule has 0 radical (unpaired) electrons. The van der Waals surface area contributed by atoms with E-state index in [0.717, 1.165) is 60.2 Å². The standard InChI is InChI=1S/C37H37N7O2/c38-21-27-16-18-42(22-27)23-28-20-32(25-43(24-28)36(45)46)41-34-33-17-19-44(35(33)40-26-39-34)37(29-10-4-1-5-11-29,30-12-6-2-7-13-30)31-14-8-3-9-15-31/h1-15,17,19,26-28,32H,16,18,20,22-25H2,(H,45,46)(H,39,40,41)/t27-,28+,32+/m1/s1. The molecule has 2 aliphatic heterocycles. The summed E-state index contributed by atoms with van der Waals surface area (Å²) in [5, 5.41) is 23.8. The van der Waals surface area contributed by atoms with Gasteiger partial charge in [-0.2, -0.15) is 5.26 Å². The highest BCUT2D eigenvalue weighted by molar-refractivity contribution is 5.88. The van der Waals surface area contributed by atoms with E-state index < -0.39 is 11.6 Å². The normalized spacial score (nSPS) is 20.4. The van der Waals surface area contributed by atoms with Gasteiger partial charge in [0.05, 0.1) is 17.4 Å². The van der Waals surface area contributed by atoms with E-state index >= 15 is 0 Å². The molecule has 2 N–H and O–H groups in total. The second-order valence-electron chi connectivity index (χ2n) is 12.5. The van der Waals surface area contributed by atoms with Crippen molar-refractivity contribution in [1.29, 1.82) is 5.26 Å². The van der Waals surface area contributed by atoms with Gasteiger partial charge in [-0.1, -0.05) is 91.0 Å². The van der Waals surface area contributed by atoms with Crippen LogP contribution in [-0.2, 0) is 5.54 Å². The zero-order valence-corrected chi connectivity index (χ0v) is 25.6. The van der Waals surface area contributed by atoms with Crippen molar-refractivity contribution in [1.82, 2.24) is 24.3 Å². The van der Waals surface area contributed by atoms with Gasteiger partial charge < -0.3 is 24.8 Å². The fourth-order valence-electron chi connectivity index (χ4n) is 7.55. The van der Waals surface area contributed by atoms with Crippen molar-refractivity contribution >= 4 is 22.9 Å². The maximum Gasteiger partial charge on any atom is 0.407 e. The molecular weight excluding hydrogens is 574 g/mol. The number of piperidine rings is 1. The smallest absolute Gasteiger partial charge is 0.407 e. The molecule has 46 heavy (non-hydrogen) atoms. The van der Waals surface area contributed by atoms with Crippen LogP contribution in [0.3, 0.4) is 0 Å². The third kappa shape index (κ3) is 5.46. The molecule has 3 atom stereocenters. The molecule has 232 valence electrons. The topological polar surface area (TPSA) is 110 Å². The molecule has 3 aromatic carbocycles. The third-order valence-corrected chi connectivity index (χ3v) is 9.54. The van der Waals surface area contributed by atoms with Gasteiger partial charge >= 0.3 is 6.09 Å². The van der Waals surface area contributed by atoms with Crippen LogP contribution < -0.4 is 5.32 Å². The Morgan fingerprint density at radius 2 is 1.52 bits per heavy atom. The zero-order valence-electron chi connectivity index (χ0n) is 25.6. The summed E-state index contributed by atoms with van der Waals surface area (Å²) in [5.74, 6) is 0.901. The molecule has 2 aliphatic rings. The Morgan fingerprint density at radius 3 is 2.09 bits per heavy atom. The lowest BCUT2D eigenvalue weighted by Gasteiger charge is -2.38. The van der Waals surface area contributed by atoms with Crippen molar-refractivity contribution in [3.8, 4) is 6.07 Å². The summed E-state index contributed by atoms with van der Waals surface area (Å²) >= 11 is 0. The van der Waals surface area contributed by atoms with E-state index in [-0.39, 0.29) is 17.9 Å². The summed E-state index contributed by atoms with van der Waals surface area (Å²) < 4.78 is 2.24. The lowest BCUT2D eigenvalue weighted by molar-refractivity contribution is 0.105. The van der Waals surface area contributed by atoms with Gasteiger partial charge in [-0.05, 0) is 48.1 Å². The number of hydrogen-bond acceptors (Lipinski definition) is 6. The fourth-order valence-corrected chi connectivity index (χ4v) is 7.55. The number of amides is 1. The van der Waals surface area contributed by atoms with E-state index in [1.807, 2.05) is 18.2 Å². The van der Waals surface area contributed by atoms with Crippen molar-refractivity contribution in [2.24, 2.45) is 11.8 Å². The largest absolute Gasteiger partial charge is 0.465 e. The first-order valence-corrected chi connectivity index (χ1v) is 15.9.